The summed E-state index contributed by atoms with van der Waals surface area (Å²) in [5.74, 6) is -0.398. The van der Waals surface area contributed by atoms with Gasteiger partial charge in [-0.25, -0.2) is 9.59 Å². The van der Waals surface area contributed by atoms with Gasteiger partial charge in [0.05, 0.1) is 21.3 Å². The Kier molecular flexibility index (Phi) is 8.91. The number of esters is 1. The summed E-state index contributed by atoms with van der Waals surface area (Å²) in [6, 6.07) is 2.31. The summed E-state index contributed by atoms with van der Waals surface area (Å²) in [6.07, 6.45) is 0.787. The molecule has 0 radical (unpaired) electrons. The van der Waals surface area contributed by atoms with Crippen LogP contribution in [-0.4, -0.2) is 52.4 Å². The lowest BCUT2D eigenvalue weighted by atomic mass is 10.1. The molecule has 150 valence electrons. The summed E-state index contributed by atoms with van der Waals surface area (Å²) in [6.45, 7) is 3.87. The number of hydrogen-bond acceptors (Lipinski definition) is 7. The van der Waals surface area contributed by atoms with E-state index in [0.29, 0.717) is 18.2 Å². The van der Waals surface area contributed by atoms with Gasteiger partial charge in [-0.05, 0) is 24.5 Å². The van der Waals surface area contributed by atoms with E-state index in [1.807, 2.05) is 13.8 Å². The van der Waals surface area contributed by atoms with Crippen LogP contribution < -0.4 is 24.8 Å². The number of carbonyl (C=O) groups excluding carboxylic acids is 3. The zero-order valence-electron chi connectivity index (χ0n) is 16.2. The quantitative estimate of drug-likeness (QED) is 0.626. The lowest BCUT2D eigenvalue weighted by Crippen LogP contribution is -2.42. The van der Waals surface area contributed by atoms with Gasteiger partial charge in [-0.1, -0.05) is 13.8 Å². The lowest BCUT2D eigenvalue weighted by Gasteiger charge is -2.15. The maximum absolute atomic E-state index is 12.3. The second-order valence-corrected chi connectivity index (χ2v) is 5.94. The molecule has 3 amide bonds. The van der Waals surface area contributed by atoms with Gasteiger partial charge in [-0.3, -0.25) is 10.1 Å². The van der Waals surface area contributed by atoms with E-state index >= 15 is 0 Å². The van der Waals surface area contributed by atoms with E-state index < -0.39 is 24.5 Å². The van der Waals surface area contributed by atoms with Crippen LogP contribution in [0.25, 0.3) is 0 Å². The molecule has 0 saturated heterocycles. The van der Waals surface area contributed by atoms with E-state index in [4.69, 9.17) is 18.9 Å². The minimum Gasteiger partial charge on any atom is -0.493 e. The molecule has 1 aromatic rings. The van der Waals surface area contributed by atoms with E-state index in [0.717, 1.165) is 6.42 Å². The van der Waals surface area contributed by atoms with E-state index in [9.17, 15) is 14.4 Å². The fraction of sp³-hybridized carbons (Fsp3) is 0.500. The Labute approximate surface area is 158 Å². The number of amides is 3. The second kappa shape index (κ2) is 10.9. The molecule has 0 bridgehead atoms. The zero-order valence-corrected chi connectivity index (χ0v) is 16.2. The Bertz CT molecular complexity index is 674. The summed E-state index contributed by atoms with van der Waals surface area (Å²) >= 11 is 0. The van der Waals surface area contributed by atoms with Crippen LogP contribution in [0, 0.1) is 5.92 Å². The minimum atomic E-state index is -0.803. The molecule has 0 aliphatic rings. The molecule has 1 aromatic carbocycles. The molecule has 0 unspecified atom stereocenters. The highest BCUT2D eigenvalue weighted by atomic mass is 16.5. The van der Waals surface area contributed by atoms with Gasteiger partial charge in [0.15, 0.2) is 18.1 Å². The smallest absolute Gasteiger partial charge is 0.342 e. The predicted octanol–water partition coefficient (Wildman–Crippen LogP) is 1.74. The standard InChI is InChI=1S/C18H26N2O7/c1-11(2)8-9-19-18(23)20-14(21)10-27-17(22)12-6-7-13(24-3)16(26-5)15(12)25-4/h6-7,11H,8-10H2,1-5H3,(H2,19,20,21,23). The molecule has 1 rings (SSSR count). The number of carbonyl (C=O) groups is 3. The van der Waals surface area contributed by atoms with Crippen molar-refractivity contribution in [1.82, 2.24) is 10.6 Å². The average molecular weight is 382 g/mol. The van der Waals surface area contributed by atoms with E-state index in [1.165, 1.54) is 33.5 Å². The first-order valence-electron chi connectivity index (χ1n) is 8.37. The third kappa shape index (κ3) is 6.69. The number of ether oxygens (including phenoxy) is 4. The highest BCUT2D eigenvalue weighted by molar-refractivity contribution is 5.98. The number of nitrogens with one attached hydrogen (secondary N) is 2. The average Bonchev–Trinajstić information content (AvgIpc) is 2.64. The lowest BCUT2D eigenvalue weighted by molar-refractivity contribution is -0.123. The van der Waals surface area contributed by atoms with Crippen molar-refractivity contribution in [2.75, 3.05) is 34.5 Å². The third-order valence-corrected chi connectivity index (χ3v) is 3.52. The van der Waals surface area contributed by atoms with Crippen molar-refractivity contribution in [3.63, 3.8) is 0 Å². The van der Waals surface area contributed by atoms with Crippen molar-refractivity contribution in [2.45, 2.75) is 20.3 Å². The van der Waals surface area contributed by atoms with Gasteiger partial charge in [0, 0.05) is 6.54 Å². The fourth-order valence-electron chi connectivity index (χ4n) is 2.15. The van der Waals surface area contributed by atoms with Crippen LogP contribution >= 0.6 is 0 Å². The van der Waals surface area contributed by atoms with Crippen molar-refractivity contribution in [3.8, 4) is 17.2 Å². The molecule has 0 aliphatic heterocycles. The normalized spacial score (nSPS) is 10.1. The van der Waals surface area contributed by atoms with Gasteiger partial charge in [-0.2, -0.15) is 0 Å². The number of urea groups is 1. The number of rotatable bonds is 9. The number of hydrogen-bond donors (Lipinski definition) is 2. The van der Waals surface area contributed by atoms with E-state index in [1.54, 1.807) is 0 Å². The van der Waals surface area contributed by atoms with Crippen molar-refractivity contribution in [3.05, 3.63) is 17.7 Å². The maximum atomic E-state index is 12.3. The minimum absolute atomic E-state index is 0.0596. The SMILES string of the molecule is COc1ccc(C(=O)OCC(=O)NC(=O)NCCC(C)C)c(OC)c1OC. The Balaban J connectivity index is 2.64. The second-order valence-electron chi connectivity index (χ2n) is 5.94. The Morgan fingerprint density at radius 3 is 2.22 bits per heavy atom. The van der Waals surface area contributed by atoms with Crippen LogP contribution in [0.3, 0.4) is 0 Å². The number of methoxy groups -OCH3 is 3. The fourth-order valence-corrected chi connectivity index (χ4v) is 2.15. The van der Waals surface area contributed by atoms with Crippen molar-refractivity contribution >= 4 is 17.9 Å². The van der Waals surface area contributed by atoms with Crippen molar-refractivity contribution in [2.24, 2.45) is 5.92 Å². The van der Waals surface area contributed by atoms with E-state index in [-0.39, 0.29) is 17.1 Å². The van der Waals surface area contributed by atoms with Gasteiger partial charge >= 0.3 is 12.0 Å². The topological polar surface area (TPSA) is 112 Å². The molecular weight excluding hydrogens is 356 g/mol. The van der Waals surface area contributed by atoms with Gasteiger partial charge < -0.3 is 24.3 Å². The molecule has 0 fully saturated rings. The number of imide groups is 1. The molecule has 2 N–H and O–H groups in total. The summed E-state index contributed by atoms with van der Waals surface area (Å²) in [5.41, 5.74) is 0.0596. The van der Waals surface area contributed by atoms with Crippen LogP contribution in [0.1, 0.15) is 30.6 Å². The van der Waals surface area contributed by atoms with Crippen LogP contribution in [0.15, 0.2) is 12.1 Å². The molecule has 9 heteroatoms. The molecule has 27 heavy (non-hydrogen) atoms. The molecule has 9 nitrogen and oxygen atoms in total. The first-order valence-corrected chi connectivity index (χ1v) is 8.37. The molecule has 0 saturated carbocycles. The van der Waals surface area contributed by atoms with E-state index in [2.05, 4.69) is 10.6 Å². The maximum Gasteiger partial charge on any atom is 0.342 e. The summed E-state index contributed by atoms with van der Waals surface area (Å²) < 4.78 is 20.5. The molecule has 0 atom stereocenters. The largest absolute Gasteiger partial charge is 0.493 e. The third-order valence-electron chi connectivity index (χ3n) is 3.52. The van der Waals surface area contributed by atoms with Crippen LogP contribution in [0.2, 0.25) is 0 Å². The number of benzene rings is 1. The van der Waals surface area contributed by atoms with Crippen LogP contribution in [0.5, 0.6) is 17.2 Å². The monoisotopic (exact) mass is 382 g/mol. The molecule has 0 aliphatic carbocycles. The van der Waals surface area contributed by atoms with Gasteiger partial charge in [0.1, 0.15) is 5.56 Å². The highest BCUT2D eigenvalue weighted by Gasteiger charge is 2.22. The van der Waals surface area contributed by atoms with Crippen molar-refractivity contribution in [1.29, 1.82) is 0 Å². The first-order chi connectivity index (χ1) is 12.8. The Morgan fingerprint density at radius 2 is 1.67 bits per heavy atom. The highest BCUT2D eigenvalue weighted by Crippen LogP contribution is 2.39. The molecule has 0 spiro atoms. The molecule has 0 aromatic heterocycles. The first kappa shape index (κ1) is 22.1. The summed E-state index contributed by atoms with van der Waals surface area (Å²) in [7, 11) is 4.22. The molecular formula is C18H26N2O7. The predicted molar refractivity (Wildman–Crippen MR) is 97.4 cm³/mol. The van der Waals surface area contributed by atoms with Crippen LogP contribution in [-0.2, 0) is 9.53 Å². The zero-order chi connectivity index (χ0) is 20.4. The summed E-state index contributed by atoms with van der Waals surface area (Å²) in [4.78, 5) is 35.6. The van der Waals surface area contributed by atoms with Gasteiger partial charge in [-0.15, -0.1) is 0 Å². The Morgan fingerprint density at radius 1 is 1.00 bits per heavy atom. The summed E-state index contributed by atoms with van der Waals surface area (Å²) in [5, 5.41) is 4.64. The van der Waals surface area contributed by atoms with Gasteiger partial charge in [0.25, 0.3) is 5.91 Å². The van der Waals surface area contributed by atoms with Gasteiger partial charge in [0.2, 0.25) is 5.75 Å². The molecule has 0 heterocycles. The van der Waals surface area contributed by atoms with Crippen molar-refractivity contribution < 1.29 is 33.3 Å². The van der Waals surface area contributed by atoms with Crippen LogP contribution in [0.4, 0.5) is 4.79 Å². The Hall–Kier alpha value is -2.97.